The topological polar surface area (TPSA) is 67.9 Å². The molecule has 2 aromatic carbocycles. The van der Waals surface area contributed by atoms with Crippen molar-refractivity contribution in [2.45, 2.75) is 32.7 Å². The van der Waals surface area contributed by atoms with E-state index in [0.29, 0.717) is 18.6 Å². The van der Waals surface area contributed by atoms with Crippen molar-refractivity contribution in [1.29, 1.82) is 0 Å². The molecule has 0 spiro atoms. The SMILES string of the molecule is CC(C)OCCCN1C(=O)C(Nc2ccc(OC(F)(F)F)cc2)=C(c2ccc(F)cc2)C1=O. The molecule has 1 aliphatic rings. The maximum Gasteiger partial charge on any atom is 0.573 e. The zero-order chi connectivity index (χ0) is 24.2. The van der Waals surface area contributed by atoms with E-state index in [1.807, 2.05) is 13.8 Å². The number of carbonyl (C=O) groups is 2. The van der Waals surface area contributed by atoms with Crippen molar-refractivity contribution in [3.63, 3.8) is 0 Å². The third-order valence-electron chi connectivity index (χ3n) is 4.64. The van der Waals surface area contributed by atoms with E-state index in [4.69, 9.17) is 4.74 Å². The molecule has 0 saturated carbocycles. The fourth-order valence-electron chi connectivity index (χ4n) is 3.21. The molecule has 176 valence electrons. The number of alkyl halides is 3. The number of nitrogens with zero attached hydrogens (tertiary/aromatic N) is 1. The molecule has 1 heterocycles. The van der Waals surface area contributed by atoms with Crippen molar-refractivity contribution in [3.8, 4) is 5.75 Å². The van der Waals surface area contributed by atoms with Crippen LogP contribution in [0.15, 0.2) is 54.2 Å². The van der Waals surface area contributed by atoms with E-state index in [1.165, 1.54) is 36.4 Å². The first-order valence-electron chi connectivity index (χ1n) is 10.2. The highest BCUT2D eigenvalue weighted by molar-refractivity contribution is 6.36. The van der Waals surface area contributed by atoms with Crippen LogP contribution in [0.2, 0.25) is 0 Å². The molecule has 0 saturated heterocycles. The van der Waals surface area contributed by atoms with E-state index >= 15 is 0 Å². The Morgan fingerprint density at radius 1 is 0.970 bits per heavy atom. The minimum Gasteiger partial charge on any atom is -0.406 e. The van der Waals surface area contributed by atoms with Gasteiger partial charge in [0.05, 0.1) is 11.7 Å². The van der Waals surface area contributed by atoms with Crippen LogP contribution in [0.3, 0.4) is 0 Å². The van der Waals surface area contributed by atoms with Crippen LogP contribution in [0.25, 0.3) is 5.57 Å². The fraction of sp³-hybridized carbons (Fsp3) is 0.304. The number of halogens is 4. The Bertz CT molecular complexity index is 1030. The Labute approximate surface area is 187 Å². The molecule has 0 aliphatic carbocycles. The minimum absolute atomic E-state index is 0.00408. The molecule has 1 N–H and O–H groups in total. The summed E-state index contributed by atoms with van der Waals surface area (Å²) in [7, 11) is 0. The van der Waals surface area contributed by atoms with Gasteiger partial charge in [-0.25, -0.2) is 4.39 Å². The summed E-state index contributed by atoms with van der Waals surface area (Å²) in [5, 5.41) is 2.82. The van der Waals surface area contributed by atoms with Crippen LogP contribution in [0.1, 0.15) is 25.8 Å². The lowest BCUT2D eigenvalue weighted by Gasteiger charge is -2.16. The number of imide groups is 1. The second-order valence-corrected chi connectivity index (χ2v) is 7.49. The quantitative estimate of drug-likeness (QED) is 0.329. The largest absolute Gasteiger partial charge is 0.573 e. The Balaban J connectivity index is 1.86. The third kappa shape index (κ3) is 6.32. The summed E-state index contributed by atoms with van der Waals surface area (Å²) in [5.74, 6) is -2.09. The van der Waals surface area contributed by atoms with Gasteiger partial charge in [0.15, 0.2) is 0 Å². The number of nitrogens with one attached hydrogen (secondary N) is 1. The number of anilines is 1. The maximum atomic E-state index is 13.4. The highest BCUT2D eigenvalue weighted by atomic mass is 19.4. The molecule has 0 aromatic heterocycles. The van der Waals surface area contributed by atoms with Crippen LogP contribution in [-0.4, -0.2) is 42.3 Å². The molecule has 2 aromatic rings. The summed E-state index contributed by atoms with van der Waals surface area (Å²) in [6.45, 7) is 4.20. The number of hydrogen-bond donors (Lipinski definition) is 1. The molecule has 0 radical (unpaired) electrons. The van der Waals surface area contributed by atoms with Gasteiger partial charge in [-0.15, -0.1) is 13.2 Å². The Morgan fingerprint density at radius 2 is 1.61 bits per heavy atom. The summed E-state index contributed by atoms with van der Waals surface area (Å²) >= 11 is 0. The molecule has 1 aliphatic heterocycles. The molecule has 0 atom stereocenters. The highest BCUT2D eigenvalue weighted by Crippen LogP contribution is 2.31. The Kier molecular flexibility index (Phi) is 7.37. The molecular weight excluding hydrogens is 444 g/mol. The van der Waals surface area contributed by atoms with Gasteiger partial charge in [-0.3, -0.25) is 14.5 Å². The maximum absolute atomic E-state index is 13.4. The molecule has 0 fully saturated rings. The van der Waals surface area contributed by atoms with E-state index in [9.17, 15) is 27.2 Å². The first kappa shape index (κ1) is 24.2. The van der Waals surface area contributed by atoms with Gasteiger partial charge in [0, 0.05) is 18.8 Å². The second-order valence-electron chi connectivity index (χ2n) is 7.49. The molecule has 6 nitrogen and oxygen atoms in total. The smallest absolute Gasteiger partial charge is 0.406 e. The van der Waals surface area contributed by atoms with Crippen molar-refractivity contribution < 1.29 is 36.6 Å². The standard InChI is InChI=1S/C23H22F4N2O4/c1-14(2)32-13-3-12-29-21(30)19(15-4-6-16(24)7-5-15)20(22(29)31)28-17-8-10-18(11-9-17)33-23(25,26)27/h4-11,14,28H,3,12-13H2,1-2H3. The summed E-state index contributed by atoms with van der Waals surface area (Å²) < 4.78 is 59.8. The van der Waals surface area contributed by atoms with Gasteiger partial charge in [-0.05, 0) is 62.2 Å². The van der Waals surface area contributed by atoms with Crippen LogP contribution >= 0.6 is 0 Å². The molecule has 0 bridgehead atoms. The normalized spacial score (nSPS) is 14.5. The predicted octanol–water partition coefficient (Wildman–Crippen LogP) is 4.73. The Morgan fingerprint density at radius 3 is 2.18 bits per heavy atom. The Hall–Kier alpha value is -3.40. The van der Waals surface area contributed by atoms with Gasteiger partial charge in [0.2, 0.25) is 0 Å². The van der Waals surface area contributed by atoms with Gasteiger partial charge in [0.1, 0.15) is 17.3 Å². The predicted molar refractivity (Wildman–Crippen MR) is 112 cm³/mol. The van der Waals surface area contributed by atoms with E-state index in [-0.39, 0.29) is 29.6 Å². The average molecular weight is 466 g/mol. The van der Waals surface area contributed by atoms with Crippen molar-refractivity contribution in [2.75, 3.05) is 18.5 Å². The van der Waals surface area contributed by atoms with Gasteiger partial charge in [-0.1, -0.05) is 12.1 Å². The molecule has 33 heavy (non-hydrogen) atoms. The molecular formula is C23H22F4N2O4. The van der Waals surface area contributed by atoms with Gasteiger partial charge < -0.3 is 14.8 Å². The first-order valence-corrected chi connectivity index (χ1v) is 10.2. The van der Waals surface area contributed by atoms with E-state index < -0.39 is 29.7 Å². The molecule has 10 heteroatoms. The van der Waals surface area contributed by atoms with Crippen molar-refractivity contribution in [1.82, 2.24) is 4.90 Å². The lowest BCUT2D eigenvalue weighted by Crippen LogP contribution is -2.34. The van der Waals surface area contributed by atoms with Crippen molar-refractivity contribution >= 4 is 23.1 Å². The zero-order valence-corrected chi connectivity index (χ0v) is 17.9. The average Bonchev–Trinajstić information content (AvgIpc) is 2.96. The van der Waals surface area contributed by atoms with E-state index in [2.05, 4.69) is 10.1 Å². The molecule has 2 amide bonds. The van der Waals surface area contributed by atoms with Crippen molar-refractivity contribution in [2.24, 2.45) is 0 Å². The summed E-state index contributed by atoms with van der Waals surface area (Å²) in [6.07, 6.45) is -4.41. The van der Waals surface area contributed by atoms with Crippen LogP contribution in [0.5, 0.6) is 5.75 Å². The number of hydrogen-bond acceptors (Lipinski definition) is 5. The van der Waals surface area contributed by atoms with Gasteiger partial charge in [0.25, 0.3) is 11.8 Å². The van der Waals surface area contributed by atoms with E-state index in [0.717, 1.165) is 17.0 Å². The second kappa shape index (κ2) is 10.0. The van der Waals surface area contributed by atoms with Crippen LogP contribution < -0.4 is 10.1 Å². The monoisotopic (exact) mass is 466 g/mol. The van der Waals surface area contributed by atoms with Crippen LogP contribution in [0.4, 0.5) is 23.2 Å². The minimum atomic E-state index is -4.83. The van der Waals surface area contributed by atoms with Crippen LogP contribution in [-0.2, 0) is 14.3 Å². The highest BCUT2D eigenvalue weighted by Gasteiger charge is 2.39. The lowest BCUT2D eigenvalue weighted by molar-refractivity contribution is -0.274. The first-order chi connectivity index (χ1) is 15.5. The number of amides is 2. The number of rotatable bonds is 9. The number of ether oxygens (including phenoxy) is 2. The van der Waals surface area contributed by atoms with Crippen LogP contribution in [0, 0.1) is 5.82 Å². The lowest BCUT2D eigenvalue weighted by atomic mass is 10.0. The molecule has 0 unspecified atom stereocenters. The van der Waals surface area contributed by atoms with Gasteiger partial charge >= 0.3 is 6.36 Å². The zero-order valence-electron chi connectivity index (χ0n) is 17.9. The third-order valence-corrected chi connectivity index (χ3v) is 4.64. The summed E-state index contributed by atoms with van der Waals surface area (Å²) in [5.41, 5.74) is 0.585. The van der Waals surface area contributed by atoms with Crippen molar-refractivity contribution in [3.05, 3.63) is 65.6 Å². The van der Waals surface area contributed by atoms with E-state index in [1.54, 1.807) is 0 Å². The fourth-order valence-corrected chi connectivity index (χ4v) is 3.21. The summed E-state index contributed by atoms with van der Waals surface area (Å²) in [6, 6.07) is 9.82. The number of carbonyl (C=O) groups excluding carboxylic acids is 2. The van der Waals surface area contributed by atoms with Gasteiger partial charge in [-0.2, -0.15) is 0 Å². The molecule has 3 rings (SSSR count). The summed E-state index contributed by atoms with van der Waals surface area (Å²) in [4.78, 5) is 27.2. The number of benzene rings is 2.